The van der Waals surface area contributed by atoms with Crippen molar-refractivity contribution in [1.82, 2.24) is 0 Å². The summed E-state index contributed by atoms with van der Waals surface area (Å²) in [6, 6.07) is 13.4. The molecule has 2 aromatic rings. The molecule has 1 aliphatic rings. The van der Waals surface area contributed by atoms with Crippen molar-refractivity contribution in [2.24, 2.45) is 0 Å². The highest BCUT2D eigenvalue weighted by atomic mass is 16.6. The number of hydrogen-bond donors (Lipinski definition) is 5. The Morgan fingerprint density at radius 1 is 0.909 bits per heavy atom. The number of aliphatic hydroxyl groups is 4. The zero-order valence-electron chi connectivity index (χ0n) is 11.8. The lowest BCUT2D eigenvalue weighted by Gasteiger charge is -2.40. The second-order valence-electron chi connectivity index (χ2n) is 5.42. The van der Waals surface area contributed by atoms with Crippen LogP contribution in [0.15, 0.2) is 42.5 Å². The van der Waals surface area contributed by atoms with Crippen molar-refractivity contribution in [3.05, 3.63) is 42.5 Å². The first kappa shape index (κ1) is 15.2. The van der Waals surface area contributed by atoms with Crippen molar-refractivity contribution in [1.29, 1.82) is 0 Å². The van der Waals surface area contributed by atoms with Gasteiger partial charge in [0, 0.05) is 11.1 Å². The Morgan fingerprint density at radius 3 is 2.41 bits per heavy atom. The fraction of sp³-hybridized carbons (Fsp3) is 0.375. The third kappa shape index (κ3) is 2.67. The summed E-state index contributed by atoms with van der Waals surface area (Å²) in [6.45, 7) is -0.446. The van der Waals surface area contributed by atoms with Gasteiger partial charge in [0.25, 0.3) is 0 Å². The molecule has 1 fully saturated rings. The summed E-state index contributed by atoms with van der Waals surface area (Å²) in [6.07, 6.45) is -5.91. The van der Waals surface area contributed by atoms with E-state index in [0.717, 1.165) is 16.5 Å². The molecule has 0 bridgehead atoms. The Labute approximate surface area is 127 Å². The number of hydrogen-bond acceptors (Lipinski definition) is 6. The average Bonchev–Trinajstić information content (AvgIpc) is 2.55. The average molecular weight is 305 g/mol. The molecule has 2 aromatic carbocycles. The van der Waals surface area contributed by atoms with E-state index >= 15 is 0 Å². The van der Waals surface area contributed by atoms with Crippen molar-refractivity contribution in [2.75, 3.05) is 11.9 Å². The zero-order chi connectivity index (χ0) is 15.7. The van der Waals surface area contributed by atoms with Crippen LogP contribution in [-0.2, 0) is 4.74 Å². The van der Waals surface area contributed by atoms with Gasteiger partial charge in [-0.15, -0.1) is 0 Å². The fourth-order valence-corrected chi connectivity index (χ4v) is 2.73. The van der Waals surface area contributed by atoms with E-state index < -0.39 is 37.3 Å². The fourth-order valence-electron chi connectivity index (χ4n) is 2.73. The highest BCUT2D eigenvalue weighted by Gasteiger charge is 2.43. The Bertz CT molecular complexity index is 642. The third-order valence-electron chi connectivity index (χ3n) is 3.98. The van der Waals surface area contributed by atoms with Crippen molar-refractivity contribution < 1.29 is 25.2 Å². The molecule has 1 saturated heterocycles. The first-order valence-electron chi connectivity index (χ1n) is 7.16. The molecule has 118 valence electrons. The summed E-state index contributed by atoms with van der Waals surface area (Å²) in [5, 5.41) is 43.9. The lowest BCUT2D eigenvalue weighted by Crippen LogP contribution is -2.60. The van der Waals surface area contributed by atoms with Gasteiger partial charge in [-0.2, -0.15) is 0 Å². The van der Waals surface area contributed by atoms with Crippen LogP contribution in [0.3, 0.4) is 0 Å². The van der Waals surface area contributed by atoms with Gasteiger partial charge in [-0.1, -0.05) is 36.4 Å². The molecule has 5 atom stereocenters. The number of ether oxygens (including phenoxy) is 1. The van der Waals surface area contributed by atoms with Gasteiger partial charge in [-0.25, -0.2) is 0 Å². The van der Waals surface area contributed by atoms with Gasteiger partial charge in [-0.05, 0) is 11.5 Å². The van der Waals surface area contributed by atoms with Gasteiger partial charge in [0.15, 0.2) is 6.23 Å². The molecular formula is C16H19NO5. The minimum Gasteiger partial charge on any atom is -0.394 e. The van der Waals surface area contributed by atoms with Crippen LogP contribution in [0, 0.1) is 0 Å². The molecule has 0 radical (unpaired) electrons. The van der Waals surface area contributed by atoms with Gasteiger partial charge >= 0.3 is 0 Å². The van der Waals surface area contributed by atoms with Crippen LogP contribution in [0.2, 0.25) is 0 Å². The van der Waals surface area contributed by atoms with Crippen LogP contribution in [-0.4, -0.2) is 57.7 Å². The molecule has 3 rings (SSSR count). The molecule has 6 nitrogen and oxygen atoms in total. The Morgan fingerprint density at radius 2 is 1.64 bits per heavy atom. The second-order valence-corrected chi connectivity index (χ2v) is 5.42. The van der Waals surface area contributed by atoms with Gasteiger partial charge in [0.05, 0.1) is 6.61 Å². The topological polar surface area (TPSA) is 102 Å². The summed E-state index contributed by atoms with van der Waals surface area (Å²) < 4.78 is 5.46. The number of anilines is 1. The number of nitrogens with one attached hydrogen (secondary N) is 1. The third-order valence-corrected chi connectivity index (χ3v) is 3.98. The van der Waals surface area contributed by atoms with Crippen molar-refractivity contribution >= 4 is 16.5 Å². The molecule has 6 heteroatoms. The van der Waals surface area contributed by atoms with E-state index in [-0.39, 0.29) is 0 Å². The van der Waals surface area contributed by atoms with Crippen molar-refractivity contribution in [3.63, 3.8) is 0 Å². The van der Waals surface area contributed by atoms with E-state index in [0.29, 0.717) is 0 Å². The highest BCUT2D eigenvalue weighted by Crippen LogP contribution is 2.27. The Hall–Kier alpha value is -1.70. The summed E-state index contributed by atoms with van der Waals surface area (Å²) in [7, 11) is 0. The lowest BCUT2D eigenvalue weighted by molar-refractivity contribution is -0.221. The molecule has 0 unspecified atom stereocenters. The molecule has 22 heavy (non-hydrogen) atoms. The molecule has 5 N–H and O–H groups in total. The van der Waals surface area contributed by atoms with Gasteiger partial charge in [0.2, 0.25) is 0 Å². The molecule has 0 amide bonds. The van der Waals surface area contributed by atoms with Crippen molar-refractivity contribution in [2.45, 2.75) is 30.6 Å². The molecule has 0 saturated carbocycles. The maximum Gasteiger partial charge on any atom is 0.157 e. The lowest BCUT2D eigenvalue weighted by atomic mass is 9.98. The predicted molar refractivity (Wildman–Crippen MR) is 81.3 cm³/mol. The maximum atomic E-state index is 10.1. The number of aliphatic hydroxyl groups excluding tert-OH is 4. The van der Waals surface area contributed by atoms with Gasteiger partial charge in [0.1, 0.15) is 24.4 Å². The highest BCUT2D eigenvalue weighted by molar-refractivity contribution is 5.93. The van der Waals surface area contributed by atoms with Gasteiger partial charge in [-0.3, -0.25) is 0 Å². The largest absolute Gasteiger partial charge is 0.394 e. The van der Waals surface area contributed by atoms with Crippen LogP contribution in [0.1, 0.15) is 0 Å². The van der Waals surface area contributed by atoms with Gasteiger partial charge < -0.3 is 30.5 Å². The molecule has 0 aromatic heterocycles. The monoisotopic (exact) mass is 305 g/mol. The maximum absolute atomic E-state index is 10.1. The van der Waals surface area contributed by atoms with E-state index in [9.17, 15) is 20.4 Å². The molecule has 0 spiro atoms. The summed E-state index contributed by atoms with van der Waals surface area (Å²) >= 11 is 0. The standard InChI is InChI=1S/C16H19NO5/c18-8-12-13(19)14(20)15(21)16(22-12)17-11-7-3-5-9-4-1-2-6-10(9)11/h1-7,12-21H,8H2/t12-,13-,14+,15-,16-/m1/s1. The second kappa shape index (κ2) is 6.20. The minimum atomic E-state index is -1.39. The number of fused-ring (bicyclic) bond motifs is 1. The first-order chi connectivity index (χ1) is 10.6. The normalized spacial score (nSPS) is 32.1. The van der Waals surface area contributed by atoms with E-state index in [1.54, 1.807) is 0 Å². The smallest absolute Gasteiger partial charge is 0.157 e. The first-order valence-corrected chi connectivity index (χ1v) is 7.16. The molecular weight excluding hydrogens is 286 g/mol. The Balaban J connectivity index is 1.87. The molecule has 1 aliphatic heterocycles. The van der Waals surface area contributed by atoms with E-state index in [1.807, 2.05) is 42.5 Å². The van der Waals surface area contributed by atoms with E-state index in [4.69, 9.17) is 4.74 Å². The van der Waals surface area contributed by atoms with E-state index in [1.165, 1.54) is 0 Å². The van der Waals surface area contributed by atoms with Crippen LogP contribution in [0.5, 0.6) is 0 Å². The van der Waals surface area contributed by atoms with E-state index in [2.05, 4.69) is 5.32 Å². The van der Waals surface area contributed by atoms with Crippen LogP contribution >= 0.6 is 0 Å². The summed E-state index contributed by atoms with van der Waals surface area (Å²) in [5.41, 5.74) is 0.738. The number of benzene rings is 2. The molecule has 0 aliphatic carbocycles. The molecule has 1 heterocycles. The summed E-state index contributed by atoms with van der Waals surface area (Å²) in [5.74, 6) is 0. The zero-order valence-corrected chi connectivity index (χ0v) is 11.8. The van der Waals surface area contributed by atoms with Crippen LogP contribution in [0.4, 0.5) is 5.69 Å². The predicted octanol–water partition coefficient (Wildman–Crippen LogP) is 0.0516. The summed E-state index contributed by atoms with van der Waals surface area (Å²) in [4.78, 5) is 0. The van der Waals surface area contributed by atoms with Crippen LogP contribution in [0.25, 0.3) is 10.8 Å². The number of rotatable bonds is 3. The quantitative estimate of drug-likeness (QED) is 0.549. The Kier molecular flexibility index (Phi) is 4.28. The SMILES string of the molecule is OC[C@H]1O[C@@H](Nc2cccc3ccccc23)[C@H](O)[C@@H](O)[C@@H]1O. The van der Waals surface area contributed by atoms with Crippen LogP contribution < -0.4 is 5.32 Å². The minimum absolute atomic E-state index is 0.446. The van der Waals surface area contributed by atoms with Crippen molar-refractivity contribution in [3.8, 4) is 0 Å².